The van der Waals surface area contributed by atoms with Gasteiger partial charge in [-0.1, -0.05) is 13.8 Å². The Hall–Kier alpha value is -1.36. The minimum atomic E-state index is -0.310. The zero-order valence-corrected chi connectivity index (χ0v) is 13.8. The molecular weight excluding hydrogens is 286 g/mol. The molecule has 0 spiro atoms. The summed E-state index contributed by atoms with van der Waals surface area (Å²) in [6, 6.07) is 0. The van der Waals surface area contributed by atoms with E-state index in [1.54, 1.807) is 18.3 Å². The summed E-state index contributed by atoms with van der Waals surface area (Å²) in [7, 11) is 0. The fourth-order valence-corrected chi connectivity index (χ4v) is 4.19. The van der Waals surface area contributed by atoms with Crippen LogP contribution in [-0.2, 0) is 16.0 Å². The number of esters is 1. The molecule has 1 heterocycles. The van der Waals surface area contributed by atoms with Crippen LogP contribution in [0.5, 0.6) is 0 Å². The summed E-state index contributed by atoms with van der Waals surface area (Å²) in [4.78, 5) is 25.4. The van der Waals surface area contributed by atoms with E-state index < -0.39 is 0 Å². The summed E-state index contributed by atoms with van der Waals surface area (Å²) < 4.78 is 5.20. The number of anilines is 1. The molecule has 0 saturated heterocycles. The number of aryl methyl sites for hydroxylation is 1. The van der Waals surface area contributed by atoms with E-state index in [9.17, 15) is 9.59 Å². The number of hydrogen-bond donors (Lipinski definition) is 1. The second-order valence-corrected chi connectivity index (χ2v) is 6.56. The standard InChI is InChI=1S/C16H23NO3S/c1-4-7-12(18)17-15-14(16(19)20-5-2)13-10(3)8-6-9-11(13)21-15/h10H,4-9H2,1-3H3,(H,17,18). The second-order valence-electron chi connectivity index (χ2n) is 5.45. The lowest BCUT2D eigenvalue weighted by Crippen LogP contribution is -2.16. The van der Waals surface area contributed by atoms with E-state index in [4.69, 9.17) is 4.74 Å². The van der Waals surface area contributed by atoms with Crippen LogP contribution in [0.3, 0.4) is 0 Å². The maximum absolute atomic E-state index is 12.3. The van der Waals surface area contributed by atoms with Crippen LogP contribution < -0.4 is 5.32 Å². The van der Waals surface area contributed by atoms with Crippen LogP contribution in [0.15, 0.2) is 0 Å². The van der Waals surface area contributed by atoms with Gasteiger partial charge in [-0.3, -0.25) is 4.79 Å². The highest BCUT2D eigenvalue weighted by Gasteiger charge is 2.30. The van der Waals surface area contributed by atoms with Crippen LogP contribution in [0.25, 0.3) is 0 Å². The predicted molar refractivity (Wildman–Crippen MR) is 85.2 cm³/mol. The molecule has 1 aromatic rings. The van der Waals surface area contributed by atoms with Gasteiger partial charge in [0.05, 0.1) is 12.2 Å². The third-order valence-electron chi connectivity index (χ3n) is 3.77. The van der Waals surface area contributed by atoms with Crippen molar-refractivity contribution in [3.8, 4) is 0 Å². The molecule has 1 N–H and O–H groups in total. The first kappa shape index (κ1) is 16.0. The van der Waals surface area contributed by atoms with Gasteiger partial charge in [-0.25, -0.2) is 4.79 Å². The van der Waals surface area contributed by atoms with Crippen molar-refractivity contribution in [1.82, 2.24) is 0 Å². The molecule has 0 radical (unpaired) electrons. The van der Waals surface area contributed by atoms with Crippen molar-refractivity contribution in [2.24, 2.45) is 0 Å². The second kappa shape index (κ2) is 7.07. The summed E-state index contributed by atoms with van der Waals surface area (Å²) in [6.45, 7) is 6.26. The highest BCUT2D eigenvalue weighted by atomic mass is 32.1. The highest BCUT2D eigenvalue weighted by molar-refractivity contribution is 7.17. The fraction of sp³-hybridized carbons (Fsp3) is 0.625. The number of thiophene rings is 1. The molecule has 21 heavy (non-hydrogen) atoms. The minimum Gasteiger partial charge on any atom is -0.462 e. The number of amides is 1. The molecule has 1 amide bonds. The van der Waals surface area contributed by atoms with E-state index in [0.29, 0.717) is 29.5 Å². The van der Waals surface area contributed by atoms with E-state index >= 15 is 0 Å². The molecule has 1 unspecified atom stereocenters. The Balaban J connectivity index is 2.39. The van der Waals surface area contributed by atoms with Gasteiger partial charge in [-0.15, -0.1) is 11.3 Å². The number of carbonyl (C=O) groups excluding carboxylic acids is 2. The van der Waals surface area contributed by atoms with Crippen molar-refractivity contribution in [3.05, 3.63) is 16.0 Å². The Kier molecular flexibility index (Phi) is 5.39. The number of fused-ring (bicyclic) bond motifs is 1. The lowest BCUT2D eigenvalue weighted by molar-refractivity contribution is -0.116. The third-order valence-corrected chi connectivity index (χ3v) is 4.95. The maximum Gasteiger partial charge on any atom is 0.341 e. The maximum atomic E-state index is 12.3. The molecular formula is C16H23NO3S. The monoisotopic (exact) mass is 309 g/mol. The topological polar surface area (TPSA) is 55.4 Å². The summed E-state index contributed by atoms with van der Waals surface area (Å²) in [5, 5.41) is 3.58. The van der Waals surface area contributed by atoms with Crippen LogP contribution in [-0.4, -0.2) is 18.5 Å². The number of hydrogen-bond acceptors (Lipinski definition) is 4. The van der Waals surface area contributed by atoms with E-state index in [2.05, 4.69) is 12.2 Å². The lowest BCUT2D eigenvalue weighted by atomic mass is 9.86. The molecule has 116 valence electrons. The lowest BCUT2D eigenvalue weighted by Gasteiger charge is -2.19. The molecule has 0 aliphatic heterocycles. The number of ether oxygens (including phenoxy) is 1. The average molecular weight is 309 g/mol. The molecule has 0 fully saturated rings. The normalized spacial score (nSPS) is 17.2. The van der Waals surface area contributed by atoms with Crippen molar-refractivity contribution in [2.75, 3.05) is 11.9 Å². The van der Waals surface area contributed by atoms with Crippen molar-refractivity contribution < 1.29 is 14.3 Å². The van der Waals surface area contributed by atoms with Crippen LogP contribution in [0, 0.1) is 0 Å². The molecule has 1 atom stereocenters. The smallest absolute Gasteiger partial charge is 0.341 e. The molecule has 1 aliphatic carbocycles. The van der Waals surface area contributed by atoms with Gasteiger partial charge in [0.2, 0.25) is 5.91 Å². The molecule has 1 aliphatic rings. The van der Waals surface area contributed by atoms with E-state index in [1.807, 2.05) is 6.92 Å². The van der Waals surface area contributed by atoms with Gasteiger partial charge >= 0.3 is 5.97 Å². The van der Waals surface area contributed by atoms with E-state index in [0.717, 1.165) is 31.2 Å². The highest BCUT2D eigenvalue weighted by Crippen LogP contribution is 2.43. The summed E-state index contributed by atoms with van der Waals surface area (Å²) in [5.41, 5.74) is 1.69. The van der Waals surface area contributed by atoms with Gasteiger partial charge in [-0.05, 0) is 44.1 Å². The van der Waals surface area contributed by atoms with Crippen molar-refractivity contribution in [3.63, 3.8) is 0 Å². The first-order chi connectivity index (χ1) is 10.1. The van der Waals surface area contributed by atoms with Gasteiger partial charge < -0.3 is 10.1 Å². The molecule has 0 aromatic carbocycles. The van der Waals surface area contributed by atoms with Crippen molar-refractivity contribution >= 4 is 28.2 Å². The molecule has 2 rings (SSSR count). The van der Waals surface area contributed by atoms with Crippen LogP contribution in [0.2, 0.25) is 0 Å². The Labute approximate surface area is 129 Å². The van der Waals surface area contributed by atoms with Gasteiger partial charge in [0, 0.05) is 11.3 Å². The van der Waals surface area contributed by atoms with E-state index in [-0.39, 0.29) is 11.9 Å². The summed E-state index contributed by atoms with van der Waals surface area (Å²) >= 11 is 1.54. The Morgan fingerprint density at radius 1 is 1.38 bits per heavy atom. The van der Waals surface area contributed by atoms with E-state index in [1.165, 1.54) is 4.88 Å². The number of rotatable bonds is 5. The van der Waals surface area contributed by atoms with Gasteiger partial charge in [0.25, 0.3) is 0 Å². The van der Waals surface area contributed by atoms with Crippen LogP contribution >= 0.6 is 11.3 Å². The zero-order chi connectivity index (χ0) is 15.4. The molecule has 0 saturated carbocycles. The quantitative estimate of drug-likeness (QED) is 0.833. The first-order valence-corrected chi connectivity index (χ1v) is 8.52. The largest absolute Gasteiger partial charge is 0.462 e. The summed E-state index contributed by atoms with van der Waals surface area (Å²) in [5.74, 6) is 0.00563. The third kappa shape index (κ3) is 3.46. The fourth-order valence-electron chi connectivity index (χ4n) is 2.82. The van der Waals surface area contributed by atoms with Crippen molar-refractivity contribution in [1.29, 1.82) is 0 Å². The first-order valence-electron chi connectivity index (χ1n) is 7.70. The minimum absolute atomic E-state index is 0.0331. The van der Waals surface area contributed by atoms with Gasteiger partial charge in [0.1, 0.15) is 5.00 Å². The number of carbonyl (C=O) groups is 2. The molecule has 4 nitrogen and oxygen atoms in total. The number of nitrogens with one attached hydrogen (secondary N) is 1. The van der Waals surface area contributed by atoms with Crippen LogP contribution in [0.1, 0.15) is 73.2 Å². The summed E-state index contributed by atoms with van der Waals surface area (Å²) in [6.07, 6.45) is 4.47. The van der Waals surface area contributed by atoms with Crippen molar-refractivity contribution in [2.45, 2.75) is 58.8 Å². The van der Waals surface area contributed by atoms with Crippen LogP contribution in [0.4, 0.5) is 5.00 Å². The molecule has 0 bridgehead atoms. The average Bonchev–Trinajstić information content (AvgIpc) is 2.78. The molecule has 1 aromatic heterocycles. The Bertz CT molecular complexity index is 536. The Morgan fingerprint density at radius 2 is 2.14 bits per heavy atom. The SMILES string of the molecule is CCCC(=O)Nc1sc2c(c1C(=O)OCC)C(C)CCC2. The zero-order valence-electron chi connectivity index (χ0n) is 13.0. The van der Waals surface area contributed by atoms with Gasteiger partial charge in [0.15, 0.2) is 0 Å². The van der Waals surface area contributed by atoms with Gasteiger partial charge in [-0.2, -0.15) is 0 Å². The Morgan fingerprint density at radius 3 is 2.81 bits per heavy atom. The molecule has 5 heteroatoms. The predicted octanol–water partition coefficient (Wildman–Crippen LogP) is 4.10.